The van der Waals surface area contributed by atoms with Crippen molar-refractivity contribution >= 4 is 11.7 Å². The van der Waals surface area contributed by atoms with Gasteiger partial charge in [-0.3, -0.25) is 14.8 Å². The number of carbonyl (C=O) groups is 1. The summed E-state index contributed by atoms with van der Waals surface area (Å²) in [6.45, 7) is 4.80. The molecule has 3 aromatic rings. The fraction of sp³-hybridized carbons (Fsp3) is 0.292. The lowest BCUT2D eigenvalue weighted by Gasteiger charge is -2.25. The topological polar surface area (TPSA) is 55.3 Å². The summed E-state index contributed by atoms with van der Waals surface area (Å²) in [5.74, 6) is -0.381. The highest BCUT2D eigenvalue weighted by molar-refractivity contribution is 5.74. The van der Waals surface area contributed by atoms with Gasteiger partial charge in [0.2, 0.25) is 0 Å². The van der Waals surface area contributed by atoms with Gasteiger partial charge in [-0.1, -0.05) is 6.07 Å². The zero-order valence-electron chi connectivity index (χ0n) is 17.9. The largest absolute Gasteiger partial charge is 0.466 e. The molecule has 0 atom stereocenters. The predicted octanol–water partition coefficient (Wildman–Crippen LogP) is 5.29. The summed E-state index contributed by atoms with van der Waals surface area (Å²) >= 11 is 0. The Kier molecular flexibility index (Phi) is 7.45. The Labute approximate surface area is 184 Å². The van der Waals surface area contributed by atoms with Gasteiger partial charge < -0.3 is 9.64 Å². The Morgan fingerprint density at radius 1 is 1.03 bits per heavy atom. The third-order valence-corrected chi connectivity index (χ3v) is 4.96. The first-order valence-electron chi connectivity index (χ1n) is 10.3. The zero-order valence-corrected chi connectivity index (χ0v) is 17.9. The van der Waals surface area contributed by atoms with Gasteiger partial charge in [0.25, 0.3) is 0 Å². The van der Waals surface area contributed by atoms with Crippen molar-refractivity contribution in [2.24, 2.45) is 0 Å². The monoisotopic (exact) mass is 443 g/mol. The number of alkyl halides is 3. The van der Waals surface area contributed by atoms with E-state index in [-0.39, 0.29) is 25.5 Å². The highest BCUT2D eigenvalue weighted by Crippen LogP contribution is 2.34. The second-order valence-corrected chi connectivity index (χ2v) is 7.15. The second kappa shape index (κ2) is 10.3. The molecule has 0 bridgehead atoms. The average molecular weight is 443 g/mol. The Hall–Kier alpha value is -3.42. The zero-order chi connectivity index (χ0) is 23.1. The SMILES string of the molecule is CCOC(=O)Cc1cncc(-c2ccc(C(F)(F)F)cc2CN(CC)c2ccncc2)c1. The van der Waals surface area contributed by atoms with Crippen LogP contribution >= 0.6 is 0 Å². The smallest absolute Gasteiger partial charge is 0.416 e. The van der Waals surface area contributed by atoms with E-state index in [0.29, 0.717) is 28.8 Å². The Morgan fingerprint density at radius 2 is 1.78 bits per heavy atom. The molecule has 1 aromatic carbocycles. The van der Waals surface area contributed by atoms with E-state index in [1.807, 2.05) is 24.0 Å². The van der Waals surface area contributed by atoms with Crippen molar-refractivity contribution < 1.29 is 22.7 Å². The van der Waals surface area contributed by atoms with E-state index in [1.165, 1.54) is 12.1 Å². The average Bonchev–Trinajstić information content (AvgIpc) is 2.77. The Morgan fingerprint density at radius 3 is 2.44 bits per heavy atom. The first kappa shape index (κ1) is 23.2. The molecule has 0 N–H and O–H groups in total. The molecule has 2 aromatic heterocycles. The van der Waals surface area contributed by atoms with Gasteiger partial charge in [-0.25, -0.2) is 0 Å². The highest BCUT2D eigenvalue weighted by atomic mass is 19.4. The molecule has 0 unspecified atom stereocenters. The minimum Gasteiger partial charge on any atom is -0.466 e. The van der Waals surface area contributed by atoms with Crippen molar-refractivity contribution in [3.8, 4) is 11.1 Å². The minimum absolute atomic E-state index is 0.0444. The van der Waals surface area contributed by atoms with Crippen LogP contribution in [-0.4, -0.2) is 29.1 Å². The standard InChI is InChI=1S/C24H24F3N3O2/c1-3-30(21-7-9-28-10-8-21)16-19-13-20(24(25,26)27)5-6-22(19)18-11-17(14-29-15-18)12-23(31)32-4-2/h5-11,13-15H,3-4,12,16H2,1-2H3. The molecular formula is C24H24F3N3O2. The number of pyridine rings is 2. The fourth-order valence-corrected chi connectivity index (χ4v) is 3.44. The van der Waals surface area contributed by atoms with Crippen molar-refractivity contribution in [1.29, 1.82) is 0 Å². The van der Waals surface area contributed by atoms with Crippen LogP contribution in [-0.2, 0) is 28.7 Å². The molecule has 168 valence electrons. The van der Waals surface area contributed by atoms with Crippen LogP contribution in [0.2, 0.25) is 0 Å². The highest BCUT2D eigenvalue weighted by Gasteiger charge is 2.31. The van der Waals surface area contributed by atoms with Crippen LogP contribution in [0.5, 0.6) is 0 Å². The molecule has 0 aliphatic heterocycles. The van der Waals surface area contributed by atoms with Crippen molar-refractivity contribution in [2.75, 3.05) is 18.1 Å². The van der Waals surface area contributed by atoms with Gasteiger partial charge in [0.05, 0.1) is 18.6 Å². The number of halogens is 3. The normalized spacial score (nSPS) is 11.3. The molecule has 0 saturated carbocycles. The van der Waals surface area contributed by atoms with Gasteiger partial charge in [0, 0.05) is 49.1 Å². The predicted molar refractivity (Wildman–Crippen MR) is 116 cm³/mol. The van der Waals surface area contributed by atoms with Gasteiger partial charge in [-0.05, 0) is 60.9 Å². The number of nitrogens with zero attached hydrogens (tertiary/aromatic N) is 3. The van der Waals surface area contributed by atoms with Crippen LogP contribution in [0.15, 0.2) is 61.2 Å². The third-order valence-electron chi connectivity index (χ3n) is 4.96. The summed E-state index contributed by atoms with van der Waals surface area (Å²) in [6, 6.07) is 9.11. The molecule has 0 saturated heterocycles. The number of rotatable bonds is 8. The molecule has 0 radical (unpaired) electrons. The molecule has 5 nitrogen and oxygen atoms in total. The maximum absolute atomic E-state index is 13.4. The van der Waals surface area contributed by atoms with Crippen LogP contribution in [0, 0.1) is 0 Å². The van der Waals surface area contributed by atoms with Crippen molar-refractivity contribution in [2.45, 2.75) is 33.0 Å². The first-order chi connectivity index (χ1) is 15.3. The maximum Gasteiger partial charge on any atom is 0.416 e. The molecule has 0 spiro atoms. The lowest BCUT2D eigenvalue weighted by molar-refractivity contribution is -0.142. The number of ether oxygens (including phenoxy) is 1. The number of carbonyl (C=O) groups excluding carboxylic acids is 1. The number of hydrogen-bond acceptors (Lipinski definition) is 5. The Balaban J connectivity index is 2.01. The van der Waals surface area contributed by atoms with E-state index in [2.05, 4.69) is 9.97 Å². The van der Waals surface area contributed by atoms with Gasteiger partial charge in [0.15, 0.2) is 0 Å². The summed E-state index contributed by atoms with van der Waals surface area (Å²) in [4.78, 5) is 22.0. The van der Waals surface area contributed by atoms with Crippen molar-refractivity contribution in [3.05, 3.63) is 77.9 Å². The molecule has 32 heavy (non-hydrogen) atoms. The number of anilines is 1. The van der Waals surface area contributed by atoms with E-state index < -0.39 is 11.7 Å². The molecular weight excluding hydrogens is 419 g/mol. The van der Waals surface area contributed by atoms with Gasteiger partial charge >= 0.3 is 12.1 Å². The summed E-state index contributed by atoms with van der Waals surface area (Å²) in [5, 5.41) is 0. The van der Waals surface area contributed by atoms with Gasteiger partial charge in [0.1, 0.15) is 0 Å². The molecule has 0 fully saturated rings. The van der Waals surface area contributed by atoms with Crippen molar-refractivity contribution in [1.82, 2.24) is 9.97 Å². The van der Waals surface area contributed by atoms with E-state index in [9.17, 15) is 18.0 Å². The molecule has 3 rings (SSSR count). The second-order valence-electron chi connectivity index (χ2n) is 7.15. The molecule has 0 aliphatic rings. The number of hydrogen-bond donors (Lipinski definition) is 0. The van der Waals surface area contributed by atoms with E-state index in [0.717, 1.165) is 11.8 Å². The van der Waals surface area contributed by atoms with Gasteiger partial charge in [-0.15, -0.1) is 0 Å². The molecule has 8 heteroatoms. The fourth-order valence-electron chi connectivity index (χ4n) is 3.44. The Bertz CT molecular complexity index is 1060. The first-order valence-corrected chi connectivity index (χ1v) is 10.3. The third kappa shape index (κ3) is 5.84. The summed E-state index contributed by atoms with van der Waals surface area (Å²) < 4.78 is 45.3. The van der Waals surface area contributed by atoms with Crippen LogP contribution in [0.25, 0.3) is 11.1 Å². The van der Waals surface area contributed by atoms with E-state index in [1.54, 1.807) is 37.8 Å². The summed E-state index contributed by atoms with van der Waals surface area (Å²) in [6.07, 6.45) is 2.03. The number of benzene rings is 1. The summed E-state index contributed by atoms with van der Waals surface area (Å²) in [5.41, 5.74) is 2.56. The number of esters is 1. The van der Waals surface area contributed by atoms with Crippen molar-refractivity contribution in [3.63, 3.8) is 0 Å². The molecule has 0 amide bonds. The summed E-state index contributed by atoms with van der Waals surface area (Å²) in [7, 11) is 0. The van der Waals surface area contributed by atoms with Gasteiger partial charge in [-0.2, -0.15) is 13.2 Å². The maximum atomic E-state index is 13.4. The van der Waals surface area contributed by atoms with Crippen LogP contribution in [0.3, 0.4) is 0 Å². The van der Waals surface area contributed by atoms with E-state index in [4.69, 9.17) is 4.74 Å². The van der Waals surface area contributed by atoms with Crippen LogP contribution in [0.4, 0.5) is 18.9 Å². The van der Waals surface area contributed by atoms with Crippen LogP contribution in [0.1, 0.15) is 30.5 Å². The molecule has 0 aliphatic carbocycles. The van der Waals surface area contributed by atoms with E-state index >= 15 is 0 Å². The lowest BCUT2D eigenvalue weighted by atomic mass is 9.96. The number of aromatic nitrogens is 2. The quantitative estimate of drug-likeness (QED) is 0.443. The molecule has 2 heterocycles. The minimum atomic E-state index is -4.45. The van der Waals surface area contributed by atoms with Crippen LogP contribution < -0.4 is 4.90 Å². The lowest BCUT2D eigenvalue weighted by Crippen LogP contribution is -2.22.